The van der Waals surface area contributed by atoms with Crippen molar-refractivity contribution >= 4 is 5.91 Å². The molecule has 0 radical (unpaired) electrons. The summed E-state index contributed by atoms with van der Waals surface area (Å²) in [5.74, 6) is 2.17. The van der Waals surface area contributed by atoms with Gasteiger partial charge in [0.15, 0.2) is 5.82 Å². The van der Waals surface area contributed by atoms with Crippen LogP contribution in [0.5, 0.6) is 0 Å². The lowest BCUT2D eigenvalue weighted by Gasteiger charge is -2.26. The summed E-state index contributed by atoms with van der Waals surface area (Å²) in [4.78, 5) is 23.1. The van der Waals surface area contributed by atoms with Gasteiger partial charge >= 0.3 is 0 Å². The van der Waals surface area contributed by atoms with E-state index in [0.717, 1.165) is 43.5 Å². The first-order chi connectivity index (χ1) is 12.2. The van der Waals surface area contributed by atoms with Crippen LogP contribution in [0.25, 0.3) is 0 Å². The fraction of sp³-hybridized carbons (Fsp3) is 0.353. The van der Waals surface area contributed by atoms with Gasteiger partial charge in [0.1, 0.15) is 11.6 Å². The van der Waals surface area contributed by atoms with E-state index in [2.05, 4.69) is 24.8 Å². The van der Waals surface area contributed by atoms with Gasteiger partial charge in [0, 0.05) is 38.7 Å². The molecular weight excluding hydrogens is 320 g/mol. The molecular formula is C17H20N6O2. The van der Waals surface area contributed by atoms with Gasteiger partial charge < -0.3 is 18.9 Å². The second-order valence-electron chi connectivity index (χ2n) is 6.18. The molecule has 8 heteroatoms. The van der Waals surface area contributed by atoms with Gasteiger partial charge in [0.2, 0.25) is 0 Å². The van der Waals surface area contributed by atoms with Crippen LogP contribution in [-0.2, 0) is 33.2 Å². The van der Waals surface area contributed by atoms with Gasteiger partial charge in [-0.25, -0.2) is 9.97 Å². The van der Waals surface area contributed by atoms with Gasteiger partial charge in [-0.1, -0.05) is 0 Å². The van der Waals surface area contributed by atoms with Gasteiger partial charge in [0.25, 0.3) is 5.91 Å². The molecule has 25 heavy (non-hydrogen) atoms. The number of nitrogens with zero attached hydrogens (tertiary/aromatic N) is 5. The molecule has 1 aliphatic rings. The van der Waals surface area contributed by atoms with Crippen LogP contribution in [0, 0.1) is 0 Å². The maximum Gasteiger partial charge on any atom is 0.287 e. The highest BCUT2D eigenvalue weighted by Crippen LogP contribution is 2.16. The Hall–Kier alpha value is -2.87. The SMILES string of the molecule is Cn1ccnc1C(=O)NCc1cn2c(n1)CN(Cc1ccco1)CC2. The number of hydrogen-bond donors (Lipinski definition) is 1. The molecule has 4 rings (SSSR count). The molecule has 3 aromatic heterocycles. The second kappa shape index (κ2) is 6.56. The molecule has 0 bridgehead atoms. The largest absolute Gasteiger partial charge is 0.468 e. The Labute approximate surface area is 145 Å². The maximum atomic E-state index is 12.1. The Bertz CT molecular complexity index is 864. The maximum absolute atomic E-state index is 12.1. The summed E-state index contributed by atoms with van der Waals surface area (Å²) < 4.78 is 9.26. The van der Waals surface area contributed by atoms with Crippen molar-refractivity contribution in [2.24, 2.45) is 7.05 Å². The predicted octanol–water partition coefficient (Wildman–Crippen LogP) is 1.16. The van der Waals surface area contributed by atoms with Gasteiger partial charge in [-0.3, -0.25) is 9.69 Å². The van der Waals surface area contributed by atoms with Gasteiger partial charge in [-0.05, 0) is 12.1 Å². The number of aromatic nitrogens is 4. The molecule has 1 aliphatic heterocycles. The summed E-state index contributed by atoms with van der Waals surface area (Å²) in [6.45, 7) is 3.78. The van der Waals surface area contributed by atoms with Gasteiger partial charge in [-0.2, -0.15) is 0 Å². The summed E-state index contributed by atoms with van der Waals surface area (Å²) in [6, 6.07) is 3.89. The number of carbonyl (C=O) groups excluding carboxylic acids is 1. The third-order valence-electron chi connectivity index (χ3n) is 4.35. The number of fused-ring (bicyclic) bond motifs is 1. The lowest BCUT2D eigenvalue weighted by molar-refractivity contribution is 0.0937. The average molecular weight is 340 g/mol. The molecule has 0 fully saturated rings. The molecule has 0 unspecified atom stereocenters. The van der Waals surface area contributed by atoms with Crippen molar-refractivity contribution in [3.63, 3.8) is 0 Å². The molecule has 0 aromatic carbocycles. The fourth-order valence-corrected chi connectivity index (χ4v) is 3.04. The van der Waals surface area contributed by atoms with Crippen LogP contribution in [0.3, 0.4) is 0 Å². The summed E-state index contributed by atoms with van der Waals surface area (Å²) >= 11 is 0. The van der Waals surface area contributed by atoms with E-state index in [1.807, 2.05) is 18.3 Å². The van der Waals surface area contributed by atoms with Crippen LogP contribution in [-0.4, -0.2) is 36.5 Å². The molecule has 4 heterocycles. The first kappa shape index (κ1) is 15.6. The van der Waals surface area contributed by atoms with E-state index in [4.69, 9.17) is 4.42 Å². The van der Waals surface area contributed by atoms with E-state index >= 15 is 0 Å². The summed E-state index contributed by atoms with van der Waals surface area (Å²) in [7, 11) is 1.80. The number of amides is 1. The molecule has 3 aromatic rings. The third-order valence-corrected chi connectivity index (χ3v) is 4.35. The van der Waals surface area contributed by atoms with E-state index in [-0.39, 0.29) is 5.91 Å². The molecule has 0 atom stereocenters. The topological polar surface area (TPSA) is 81.1 Å². The molecule has 130 valence electrons. The Balaban J connectivity index is 1.37. The van der Waals surface area contributed by atoms with E-state index in [9.17, 15) is 4.79 Å². The van der Waals surface area contributed by atoms with Crippen molar-refractivity contribution < 1.29 is 9.21 Å². The number of nitrogens with one attached hydrogen (secondary N) is 1. The molecule has 0 saturated carbocycles. The first-order valence-electron chi connectivity index (χ1n) is 8.24. The van der Waals surface area contributed by atoms with Crippen LogP contribution in [0.15, 0.2) is 41.4 Å². The highest BCUT2D eigenvalue weighted by atomic mass is 16.3. The molecule has 1 N–H and O–H groups in total. The van der Waals surface area contributed by atoms with E-state index in [1.165, 1.54) is 0 Å². The minimum atomic E-state index is -0.196. The summed E-state index contributed by atoms with van der Waals surface area (Å²) in [5.41, 5.74) is 0.859. The van der Waals surface area contributed by atoms with E-state index in [1.54, 1.807) is 30.3 Å². The normalized spacial score (nSPS) is 14.4. The number of imidazole rings is 2. The quantitative estimate of drug-likeness (QED) is 0.754. The molecule has 1 amide bonds. The van der Waals surface area contributed by atoms with E-state index < -0.39 is 0 Å². The molecule has 8 nitrogen and oxygen atoms in total. The van der Waals surface area contributed by atoms with Crippen LogP contribution in [0.1, 0.15) is 27.9 Å². The Morgan fingerprint density at radius 1 is 1.40 bits per heavy atom. The van der Waals surface area contributed by atoms with Crippen molar-refractivity contribution in [2.75, 3.05) is 6.54 Å². The third kappa shape index (κ3) is 3.34. The monoisotopic (exact) mass is 340 g/mol. The minimum absolute atomic E-state index is 0.196. The molecule has 0 spiro atoms. The highest BCUT2D eigenvalue weighted by Gasteiger charge is 2.20. The van der Waals surface area contributed by atoms with Crippen molar-refractivity contribution in [3.8, 4) is 0 Å². The van der Waals surface area contributed by atoms with Crippen LogP contribution < -0.4 is 5.32 Å². The Kier molecular flexibility index (Phi) is 4.10. The predicted molar refractivity (Wildman–Crippen MR) is 89.4 cm³/mol. The van der Waals surface area contributed by atoms with Crippen LogP contribution >= 0.6 is 0 Å². The summed E-state index contributed by atoms with van der Waals surface area (Å²) in [6.07, 6.45) is 7.07. The van der Waals surface area contributed by atoms with Crippen LogP contribution in [0.2, 0.25) is 0 Å². The van der Waals surface area contributed by atoms with Crippen molar-refractivity contribution in [2.45, 2.75) is 26.2 Å². The van der Waals surface area contributed by atoms with Crippen molar-refractivity contribution in [3.05, 3.63) is 60.1 Å². The molecule has 0 saturated heterocycles. The van der Waals surface area contributed by atoms with Crippen molar-refractivity contribution in [1.82, 2.24) is 29.3 Å². The number of aryl methyl sites for hydroxylation is 1. The highest BCUT2D eigenvalue weighted by molar-refractivity contribution is 5.90. The first-order valence-corrected chi connectivity index (χ1v) is 8.24. The summed E-state index contributed by atoms with van der Waals surface area (Å²) in [5, 5.41) is 2.87. The zero-order valence-corrected chi connectivity index (χ0v) is 14.1. The number of carbonyl (C=O) groups is 1. The van der Waals surface area contributed by atoms with Crippen molar-refractivity contribution in [1.29, 1.82) is 0 Å². The zero-order valence-electron chi connectivity index (χ0n) is 14.1. The Morgan fingerprint density at radius 3 is 3.08 bits per heavy atom. The zero-order chi connectivity index (χ0) is 17.2. The molecule has 0 aliphatic carbocycles. The standard InChI is InChI=1S/C17H20N6O2/c1-21-5-4-18-16(21)17(24)19-9-13-10-23-7-6-22(12-15(23)20-13)11-14-3-2-8-25-14/h2-5,8,10H,6-7,9,11-12H2,1H3,(H,19,24). The van der Waals surface area contributed by atoms with E-state index in [0.29, 0.717) is 12.4 Å². The lowest BCUT2D eigenvalue weighted by Crippen LogP contribution is -2.33. The van der Waals surface area contributed by atoms with Gasteiger partial charge in [0.05, 0.1) is 31.6 Å². The fourth-order valence-electron chi connectivity index (χ4n) is 3.04. The Morgan fingerprint density at radius 2 is 2.32 bits per heavy atom. The lowest BCUT2D eigenvalue weighted by atomic mass is 10.3. The average Bonchev–Trinajstić information content (AvgIpc) is 3.33. The number of rotatable bonds is 5. The van der Waals surface area contributed by atoms with Crippen LogP contribution in [0.4, 0.5) is 0 Å². The van der Waals surface area contributed by atoms with Gasteiger partial charge in [-0.15, -0.1) is 0 Å². The second-order valence-corrected chi connectivity index (χ2v) is 6.18. The number of hydrogen-bond acceptors (Lipinski definition) is 5. The smallest absolute Gasteiger partial charge is 0.287 e. The minimum Gasteiger partial charge on any atom is -0.468 e. The number of furan rings is 1.